The Morgan fingerprint density at radius 3 is 2.89 bits per heavy atom. The van der Waals surface area contributed by atoms with Crippen LogP contribution in [-0.2, 0) is 6.42 Å². The molecule has 0 bridgehead atoms. The number of aromatic nitrogens is 4. The molecule has 0 saturated carbocycles. The van der Waals surface area contributed by atoms with Crippen molar-refractivity contribution in [3.63, 3.8) is 0 Å². The van der Waals surface area contributed by atoms with Crippen molar-refractivity contribution in [2.24, 2.45) is 0 Å². The monoisotopic (exact) mass is 257 g/mol. The molecule has 3 rings (SSSR count). The second kappa shape index (κ2) is 4.31. The molecule has 0 aliphatic heterocycles. The van der Waals surface area contributed by atoms with Gasteiger partial charge in [0.2, 0.25) is 5.95 Å². The fourth-order valence-electron chi connectivity index (χ4n) is 2.13. The molecule has 1 aromatic carbocycles. The molecule has 4 N–H and O–H groups in total. The third-order valence-corrected chi connectivity index (χ3v) is 3.09. The van der Waals surface area contributed by atoms with Gasteiger partial charge in [0, 0.05) is 0 Å². The summed E-state index contributed by atoms with van der Waals surface area (Å²) in [4.78, 5) is 19.6. The molecule has 0 amide bonds. The van der Waals surface area contributed by atoms with E-state index in [0.717, 1.165) is 29.6 Å². The van der Waals surface area contributed by atoms with Crippen molar-refractivity contribution in [3.8, 4) is 5.95 Å². The van der Waals surface area contributed by atoms with E-state index >= 15 is 0 Å². The quantitative estimate of drug-likeness (QED) is 0.665. The summed E-state index contributed by atoms with van der Waals surface area (Å²) >= 11 is 0. The Morgan fingerprint density at radius 2 is 2.16 bits per heavy atom. The first-order chi connectivity index (χ1) is 9.20. The van der Waals surface area contributed by atoms with Crippen molar-refractivity contribution in [3.05, 3.63) is 40.3 Å². The highest BCUT2D eigenvalue weighted by atomic mass is 16.1. The number of aryl methyl sites for hydroxylation is 1. The molecule has 0 radical (unpaired) electrons. The maximum absolute atomic E-state index is 12.1. The maximum Gasteiger partial charge on any atom is 0.297 e. The molecular formula is C13H15N5O. The van der Waals surface area contributed by atoms with Gasteiger partial charge in [0.05, 0.1) is 16.7 Å². The van der Waals surface area contributed by atoms with Crippen LogP contribution in [0.3, 0.4) is 0 Å². The minimum Gasteiger partial charge on any atom is -0.393 e. The number of benzene rings is 1. The van der Waals surface area contributed by atoms with Crippen LogP contribution >= 0.6 is 0 Å². The smallest absolute Gasteiger partial charge is 0.297 e. The molecule has 2 heterocycles. The number of nitrogens with one attached hydrogen (secondary N) is 2. The van der Waals surface area contributed by atoms with E-state index in [0.29, 0.717) is 5.95 Å². The number of anilines is 1. The SMILES string of the molecule is CCCc1[nH]n(-c2nc3ccccc3[nH]2)c(=O)c1N. The molecule has 2 aromatic heterocycles. The third-order valence-electron chi connectivity index (χ3n) is 3.09. The van der Waals surface area contributed by atoms with Gasteiger partial charge in [-0.25, -0.2) is 4.98 Å². The van der Waals surface area contributed by atoms with Gasteiger partial charge >= 0.3 is 0 Å². The summed E-state index contributed by atoms with van der Waals surface area (Å²) in [5.74, 6) is 0.459. The zero-order chi connectivity index (χ0) is 13.4. The van der Waals surface area contributed by atoms with Gasteiger partial charge in [0.25, 0.3) is 5.56 Å². The minimum atomic E-state index is -0.262. The first-order valence-corrected chi connectivity index (χ1v) is 6.25. The number of nitrogens with two attached hydrogens (primary N) is 1. The van der Waals surface area contributed by atoms with E-state index in [1.807, 2.05) is 31.2 Å². The number of imidazole rings is 1. The fraction of sp³-hybridized carbons (Fsp3) is 0.231. The summed E-state index contributed by atoms with van der Waals surface area (Å²) < 4.78 is 1.36. The maximum atomic E-state index is 12.1. The summed E-state index contributed by atoms with van der Waals surface area (Å²) in [6.45, 7) is 2.04. The van der Waals surface area contributed by atoms with Gasteiger partial charge < -0.3 is 10.7 Å². The molecule has 0 fully saturated rings. The number of fused-ring (bicyclic) bond motifs is 1. The lowest BCUT2D eigenvalue weighted by Crippen LogP contribution is -2.17. The zero-order valence-corrected chi connectivity index (χ0v) is 10.6. The summed E-state index contributed by atoms with van der Waals surface area (Å²) in [5.41, 5.74) is 8.27. The highest BCUT2D eigenvalue weighted by Gasteiger charge is 2.14. The van der Waals surface area contributed by atoms with Gasteiger partial charge in [0.1, 0.15) is 5.69 Å². The van der Waals surface area contributed by atoms with Gasteiger partial charge in [0.15, 0.2) is 0 Å². The standard InChI is InChI=1S/C13H15N5O/c1-2-5-10-11(14)12(19)18(17-10)13-15-8-6-3-4-7-9(8)16-13/h3-4,6-7,17H,2,5,14H2,1H3,(H,15,16). The van der Waals surface area contributed by atoms with E-state index in [-0.39, 0.29) is 11.2 Å². The van der Waals surface area contributed by atoms with Crippen LogP contribution in [0.5, 0.6) is 0 Å². The highest BCUT2D eigenvalue weighted by Crippen LogP contribution is 2.13. The summed E-state index contributed by atoms with van der Waals surface area (Å²) in [7, 11) is 0. The van der Waals surface area contributed by atoms with Crippen LogP contribution in [0, 0.1) is 0 Å². The third kappa shape index (κ3) is 1.81. The van der Waals surface area contributed by atoms with E-state index in [9.17, 15) is 4.79 Å². The number of rotatable bonds is 3. The lowest BCUT2D eigenvalue weighted by atomic mass is 10.2. The number of hydrogen-bond donors (Lipinski definition) is 3. The average molecular weight is 257 g/mol. The number of hydrogen-bond acceptors (Lipinski definition) is 3. The van der Waals surface area contributed by atoms with Crippen molar-refractivity contribution in [2.75, 3.05) is 5.73 Å². The molecule has 0 aliphatic rings. The fourth-order valence-corrected chi connectivity index (χ4v) is 2.13. The minimum absolute atomic E-state index is 0.262. The molecule has 0 aliphatic carbocycles. The van der Waals surface area contributed by atoms with E-state index in [1.165, 1.54) is 4.68 Å². The summed E-state index contributed by atoms with van der Waals surface area (Å²) in [6.07, 6.45) is 1.67. The number of aromatic amines is 2. The lowest BCUT2D eigenvalue weighted by Gasteiger charge is -1.95. The number of para-hydroxylation sites is 2. The van der Waals surface area contributed by atoms with Crippen LogP contribution in [0.4, 0.5) is 5.69 Å². The van der Waals surface area contributed by atoms with E-state index < -0.39 is 0 Å². The van der Waals surface area contributed by atoms with E-state index in [2.05, 4.69) is 15.1 Å². The molecular weight excluding hydrogens is 242 g/mol. The molecule has 98 valence electrons. The molecule has 3 aromatic rings. The van der Waals surface area contributed by atoms with Gasteiger partial charge in [-0.2, -0.15) is 4.68 Å². The Balaban J connectivity index is 2.16. The van der Waals surface area contributed by atoms with E-state index in [4.69, 9.17) is 5.73 Å². The highest BCUT2D eigenvalue weighted by molar-refractivity contribution is 5.75. The van der Waals surface area contributed by atoms with Crippen LogP contribution in [0.2, 0.25) is 0 Å². The van der Waals surface area contributed by atoms with Gasteiger partial charge in [-0.05, 0) is 18.6 Å². The molecule has 0 atom stereocenters. The first-order valence-electron chi connectivity index (χ1n) is 6.25. The largest absolute Gasteiger partial charge is 0.393 e. The predicted molar refractivity (Wildman–Crippen MR) is 74.4 cm³/mol. The van der Waals surface area contributed by atoms with Gasteiger partial charge in [-0.15, -0.1) is 0 Å². The molecule has 19 heavy (non-hydrogen) atoms. The number of H-pyrrole nitrogens is 2. The molecule has 6 nitrogen and oxygen atoms in total. The first kappa shape index (κ1) is 11.6. The predicted octanol–water partition coefficient (Wildman–Crippen LogP) is 1.58. The van der Waals surface area contributed by atoms with Crippen LogP contribution in [0.1, 0.15) is 19.0 Å². The molecule has 6 heteroatoms. The van der Waals surface area contributed by atoms with Crippen molar-refractivity contribution < 1.29 is 0 Å². The molecule has 0 spiro atoms. The van der Waals surface area contributed by atoms with Crippen LogP contribution in [0.25, 0.3) is 17.0 Å². The van der Waals surface area contributed by atoms with Crippen LogP contribution in [-0.4, -0.2) is 19.7 Å². The number of nitrogens with zero attached hydrogens (tertiary/aromatic N) is 2. The van der Waals surface area contributed by atoms with Crippen molar-refractivity contribution in [1.29, 1.82) is 0 Å². The Hall–Kier alpha value is -2.50. The Labute approximate surface area is 109 Å². The Bertz CT molecular complexity index is 747. The molecule has 0 unspecified atom stereocenters. The Kier molecular flexibility index (Phi) is 2.63. The summed E-state index contributed by atoms with van der Waals surface area (Å²) in [6, 6.07) is 7.62. The number of nitrogen functional groups attached to an aromatic ring is 1. The van der Waals surface area contributed by atoms with Crippen molar-refractivity contribution in [2.45, 2.75) is 19.8 Å². The summed E-state index contributed by atoms with van der Waals surface area (Å²) in [5, 5.41) is 3.01. The van der Waals surface area contributed by atoms with E-state index in [1.54, 1.807) is 0 Å². The van der Waals surface area contributed by atoms with Crippen molar-refractivity contribution >= 4 is 16.7 Å². The molecule has 0 saturated heterocycles. The average Bonchev–Trinajstić information content (AvgIpc) is 2.95. The topological polar surface area (TPSA) is 92.5 Å². The lowest BCUT2D eigenvalue weighted by molar-refractivity contribution is 0.764. The van der Waals surface area contributed by atoms with Gasteiger partial charge in [-0.3, -0.25) is 9.89 Å². The Morgan fingerprint density at radius 1 is 1.37 bits per heavy atom. The van der Waals surface area contributed by atoms with Gasteiger partial charge in [-0.1, -0.05) is 25.5 Å². The normalized spacial score (nSPS) is 11.2. The van der Waals surface area contributed by atoms with Crippen LogP contribution < -0.4 is 11.3 Å². The van der Waals surface area contributed by atoms with Crippen LogP contribution in [0.15, 0.2) is 29.1 Å². The second-order valence-corrected chi connectivity index (χ2v) is 4.47. The second-order valence-electron chi connectivity index (χ2n) is 4.47. The van der Waals surface area contributed by atoms with Crippen molar-refractivity contribution in [1.82, 2.24) is 19.7 Å². The zero-order valence-electron chi connectivity index (χ0n) is 10.6.